The van der Waals surface area contributed by atoms with E-state index in [2.05, 4.69) is 16.0 Å². The summed E-state index contributed by atoms with van der Waals surface area (Å²) in [7, 11) is 0. The maximum atomic E-state index is 7.26. The van der Waals surface area contributed by atoms with Crippen molar-refractivity contribution in [3.63, 3.8) is 0 Å². The molecule has 0 rings (SSSR count). The molecule has 0 unspecified atom stereocenters. The van der Waals surface area contributed by atoms with Crippen LogP contribution >= 0.6 is 0 Å². The molecule has 5 heavy (non-hydrogen) atoms. The Balaban J connectivity index is -0.0000000200. The van der Waals surface area contributed by atoms with Crippen molar-refractivity contribution < 1.29 is 72.4 Å². The van der Waals surface area contributed by atoms with Crippen LogP contribution in [-0.4, -0.2) is 16.0 Å². The molecule has 0 amide bonds. The quantitative estimate of drug-likeness (QED) is 0.423. The van der Waals surface area contributed by atoms with Gasteiger partial charge in [-0.3, -0.25) is 0 Å². The van der Waals surface area contributed by atoms with Crippen LogP contribution < -0.4 is 51.4 Å². The average molecular weight is 339 g/mol. The molecule has 0 aliphatic carbocycles. The SMILES string of the molecule is N#C[Se].[K+].[Pt]. The second kappa shape index (κ2) is 16.2. The fourth-order valence-corrected chi connectivity index (χ4v) is 0. The van der Waals surface area contributed by atoms with E-state index in [4.69, 9.17) is 5.26 Å². The number of hydrogen-bond acceptors (Lipinski definition) is 1. The molecule has 0 aromatic rings. The van der Waals surface area contributed by atoms with Crippen molar-refractivity contribution in [3.05, 3.63) is 0 Å². The van der Waals surface area contributed by atoms with Crippen LogP contribution in [0.4, 0.5) is 0 Å². The summed E-state index contributed by atoms with van der Waals surface area (Å²) in [6.07, 6.45) is 0. The van der Waals surface area contributed by atoms with Crippen molar-refractivity contribution >= 4 is 16.0 Å². The third-order valence-corrected chi connectivity index (χ3v) is 0. The first-order valence-corrected chi connectivity index (χ1v) is 1.28. The smallest absolute Gasteiger partial charge is 0 e. The summed E-state index contributed by atoms with van der Waals surface area (Å²) in [6, 6.07) is 0. The van der Waals surface area contributed by atoms with Crippen molar-refractivity contribution in [2.75, 3.05) is 0 Å². The van der Waals surface area contributed by atoms with Gasteiger partial charge in [0.05, 0.1) is 0 Å². The van der Waals surface area contributed by atoms with Crippen LogP contribution in [0.2, 0.25) is 0 Å². The maximum Gasteiger partial charge on any atom is 1.00 e. The van der Waals surface area contributed by atoms with Crippen molar-refractivity contribution in [2.24, 2.45) is 0 Å². The molecule has 0 saturated heterocycles. The first kappa shape index (κ1) is 15.7. The molecule has 0 heterocycles. The summed E-state index contributed by atoms with van der Waals surface area (Å²) >= 11 is 2.11. The number of nitriles is 1. The van der Waals surface area contributed by atoms with Gasteiger partial charge in [-0.2, -0.15) is 0 Å². The van der Waals surface area contributed by atoms with Crippen LogP contribution in [-0.2, 0) is 21.1 Å². The largest absolute Gasteiger partial charge is 1.00 e. The van der Waals surface area contributed by atoms with Gasteiger partial charge < -0.3 is 0 Å². The maximum absolute atomic E-state index is 7.26. The molecule has 0 spiro atoms. The van der Waals surface area contributed by atoms with Gasteiger partial charge in [-0.25, -0.2) is 0 Å². The van der Waals surface area contributed by atoms with Gasteiger partial charge in [-0.15, -0.1) is 0 Å². The molecular formula is CKNPtSe+. The molecule has 0 aromatic carbocycles. The zero-order valence-electron chi connectivity index (χ0n) is 2.67. The van der Waals surface area contributed by atoms with Crippen LogP contribution in [0.1, 0.15) is 0 Å². The monoisotopic (exact) mass is 340 g/mol. The fraction of sp³-hybridized carbons (Fsp3) is 0. The van der Waals surface area contributed by atoms with Crippen LogP contribution in [0.25, 0.3) is 0 Å². The molecule has 0 bridgehead atoms. The van der Waals surface area contributed by atoms with Crippen molar-refractivity contribution in [1.29, 1.82) is 5.26 Å². The molecular weight excluding hydrogens is 339 g/mol. The minimum atomic E-state index is 0. The first-order valence-electron chi connectivity index (χ1n) is 0.428. The Bertz CT molecular complexity index is 33.1. The summed E-state index contributed by atoms with van der Waals surface area (Å²) in [4.78, 5) is 1.62. The van der Waals surface area contributed by atoms with E-state index in [0.717, 1.165) is 0 Å². The second-order valence-electron chi connectivity index (χ2n) is 0.0913. The molecule has 0 aromatic heterocycles. The van der Waals surface area contributed by atoms with Crippen molar-refractivity contribution in [3.8, 4) is 4.97 Å². The Morgan fingerprint density at radius 2 is 1.60 bits per heavy atom. The van der Waals surface area contributed by atoms with Crippen LogP contribution in [0.3, 0.4) is 0 Å². The number of hydrogen-bond donors (Lipinski definition) is 0. The second-order valence-corrected chi connectivity index (χ2v) is 0.474. The summed E-state index contributed by atoms with van der Waals surface area (Å²) in [5.41, 5.74) is 0. The molecule has 0 fully saturated rings. The Morgan fingerprint density at radius 3 is 1.60 bits per heavy atom. The topological polar surface area (TPSA) is 23.8 Å². The molecule has 0 atom stereocenters. The molecule has 4 heteroatoms. The molecule has 1 nitrogen and oxygen atoms in total. The van der Waals surface area contributed by atoms with E-state index in [0.29, 0.717) is 0 Å². The van der Waals surface area contributed by atoms with E-state index >= 15 is 0 Å². The minimum Gasteiger partial charge on any atom is 0 e. The van der Waals surface area contributed by atoms with E-state index in [9.17, 15) is 0 Å². The Hall–Kier alpha value is 2.33. The normalized spacial score (nSPS) is 1.40. The molecule has 1 radical (unpaired) electrons. The number of rotatable bonds is 0. The Kier molecular flexibility index (Phi) is 50.8. The van der Waals surface area contributed by atoms with E-state index in [1.54, 1.807) is 4.97 Å². The predicted molar refractivity (Wildman–Crippen MR) is 11.4 cm³/mol. The summed E-state index contributed by atoms with van der Waals surface area (Å²) < 4.78 is 0. The Labute approximate surface area is 96.4 Å². The van der Waals surface area contributed by atoms with Gasteiger partial charge in [0.15, 0.2) is 0 Å². The third-order valence-electron chi connectivity index (χ3n) is 0. The first-order chi connectivity index (χ1) is 1.41. The van der Waals surface area contributed by atoms with E-state index in [1.165, 1.54) is 0 Å². The summed E-state index contributed by atoms with van der Waals surface area (Å²) in [6.45, 7) is 0. The predicted octanol–water partition coefficient (Wildman–Crippen LogP) is -3.36. The third kappa shape index (κ3) is 21.8. The van der Waals surface area contributed by atoms with Gasteiger partial charge >= 0.3 is 77.6 Å². The van der Waals surface area contributed by atoms with Crippen molar-refractivity contribution in [1.82, 2.24) is 0 Å². The van der Waals surface area contributed by atoms with Crippen LogP contribution in [0.15, 0.2) is 0 Å². The van der Waals surface area contributed by atoms with Gasteiger partial charge in [-0.05, 0) is 0 Å². The minimum absolute atomic E-state index is 0. The molecule has 0 saturated carbocycles. The zero-order chi connectivity index (χ0) is 2.71. The molecule has 0 aliphatic rings. The molecule has 0 aliphatic heterocycles. The fourth-order valence-electron chi connectivity index (χ4n) is 0. The summed E-state index contributed by atoms with van der Waals surface area (Å²) in [5.74, 6) is 0. The molecule has 0 N–H and O–H groups in total. The van der Waals surface area contributed by atoms with Gasteiger partial charge in [-0.1, -0.05) is 0 Å². The van der Waals surface area contributed by atoms with Gasteiger partial charge in [0, 0.05) is 21.1 Å². The molecule has 25 valence electrons. The average Bonchev–Trinajstić information content (AvgIpc) is 0.918. The van der Waals surface area contributed by atoms with E-state index < -0.39 is 0 Å². The van der Waals surface area contributed by atoms with E-state index in [-0.39, 0.29) is 72.4 Å². The Morgan fingerprint density at radius 1 is 1.60 bits per heavy atom. The van der Waals surface area contributed by atoms with E-state index in [1.807, 2.05) is 0 Å². The van der Waals surface area contributed by atoms with Crippen LogP contribution in [0.5, 0.6) is 0 Å². The van der Waals surface area contributed by atoms with Gasteiger partial charge in [0.25, 0.3) is 0 Å². The van der Waals surface area contributed by atoms with Gasteiger partial charge in [0.2, 0.25) is 0 Å². The summed E-state index contributed by atoms with van der Waals surface area (Å²) in [5, 5.41) is 7.26. The van der Waals surface area contributed by atoms with Crippen LogP contribution in [0, 0.1) is 10.2 Å². The standard InChI is InChI=1S/CNSe.K.Pt/c2-1-3;;/q;+1;. The van der Waals surface area contributed by atoms with Gasteiger partial charge in [0.1, 0.15) is 0 Å². The van der Waals surface area contributed by atoms with Crippen molar-refractivity contribution in [2.45, 2.75) is 0 Å². The zero-order valence-corrected chi connectivity index (χ0v) is 9.78. The number of nitrogens with zero attached hydrogens (tertiary/aromatic N) is 1.